The Hall–Kier alpha value is -1.70. The van der Waals surface area contributed by atoms with Crippen molar-refractivity contribution in [3.63, 3.8) is 0 Å². The van der Waals surface area contributed by atoms with Crippen molar-refractivity contribution in [1.82, 2.24) is 0 Å². The van der Waals surface area contributed by atoms with E-state index >= 15 is 0 Å². The first-order chi connectivity index (χ1) is 13.3. The molecule has 1 aliphatic carbocycles. The molecule has 0 aromatic heterocycles. The molecule has 2 rings (SSSR count). The summed E-state index contributed by atoms with van der Waals surface area (Å²) in [6.45, 7) is -0.150. The number of benzene rings is 1. The van der Waals surface area contributed by atoms with Gasteiger partial charge in [-0.3, -0.25) is 0 Å². The molecule has 0 bridgehead atoms. The number of ether oxygens (including phenoxy) is 2. The number of hydrogen-bond acceptors (Lipinski definition) is 2. The maximum absolute atomic E-state index is 13.7. The second kappa shape index (κ2) is 10.7. The zero-order valence-electron chi connectivity index (χ0n) is 15.4. The highest BCUT2D eigenvalue weighted by Crippen LogP contribution is 2.36. The van der Waals surface area contributed by atoms with Crippen LogP contribution in [-0.2, 0) is 11.3 Å². The van der Waals surface area contributed by atoms with E-state index in [4.69, 9.17) is 4.74 Å². The minimum Gasteiger partial charge on any atom is -0.429 e. The molecule has 8 heteroatoms. The second-order valence-corrected chi connectivity index (χ2v) is 7.02. The molecule has 0 aliphatic heterocycles. The van der Waals surface area contributed by atoms with Crippen LogP contribution in [0.2, 0.25) is 0 Å². The molecule has 0 radical (unpaired) electrons. The lowest BCUT2D eigenvalue weighted by Gasteiger charge is -2.33. The smallest absolute Gasteiger partial charge is 0.387 e. The molecule has 1 saturated carbocycles. The topological polar surface area (TPSA) is 18.5 Å². The van der Waals surface area contributed by atoms with E-state index < -0.39 is 43.1 Å². The molecule has 1 aliphatic rings. The van der Waals surface area contributed by atoms with Crippen LogP contribution in [0, 0.1) is 23.5 Å². The maximum Gasteiger partial charge on any atom is 0.387 e. The molecule has 0 saturated heterocycles. The van der Waals surface area contributed by atoms with Crippen molar-refractivity contribution in [1.29, 1.82) is 0 Å². The third-order valence-electron chi connectivity index (χ3n) is 5.09. The fourth-order valence-electron chi connectivity index (χ4n) is 3.66. The Kier molecular flexibility index (Phi) is 8.66. The summed E-state index contributed by atoms with van der Waals surface area (Å²) >= 11 is 0. The third kappa shape index (κ3) is 6.43. The summed E-state index contributed by atoms with van der Waals surface area (Å²) in [6.07, 6.45) is 2.50. The van der Waals surface area contributed by atoms with Crippen LogP contribution in [0.5, 0.6) is 5.75 Å². The highest BCUT2D eigenvalue weighted by Gasteiger charge is 2.34. The van der Waals surface area contributed by atoms with Gasteiger partial charge in [-0.1, -0.05) is 18.9 Å². The predicted octanol–water partition coefficient (Wildman–Crippen LogP) is 6.49. The van der Waals surface area contributed by atoms with Crippen molar-refractivity contribution in [2.24, 2.45) is 11.8 Å². The highest BCUT2D eigenvalue weighted by atomic mass is 19.3. The number of rotatable bonds is 10. The molecule has 28 heavy (non-hydrogen) atoms. The Labute approximate surface area is 160 Å². The summed E-state index contributed by atoms with van der Waals surface area (Å²) in [5.74, 6) is -3.73. The zero-order chi connectivity index (χ0) is 20.7. The van der Waals surface area contributed by atoms with Gasteiger partial charge in [-0.25, -0.2) is 17.6 Å². The number of halogens is 6. The molecule has 158 valence electrons. The van der Waals surface area contributed by atoms with Crippen LogP contribution in [0.3, 0.4) is 0 Å². The normalized spacial score (nSPS) is 21.1. The maximum atomic E-state index is 13.7. The second-order valence-electron chi connectivity index (χ2n) is 7.02. The van der Waals surface area contributed by atoms with E-state index in [0.717, 1.165) is 37.8 Å². The van der Waals surface area contributed by atoms with Gasteiger partial charge in [-0.05, 0) is 55.2 Å². The van der Waals surface area contributed by atoms with E-state index in [-0.39, 0.29) is 11.5 Å². The first kappa shape index (κ1) is 22.6. The van der Waals surface area contributed by atoms with E-state index in [9.17, 15) is 26.3 Å². The fourth-order valence-corrected chi connectivity index (χ4v) is 3.66. The van der Waals surface area contributed by atoms with Crippen molar-refractivity contribution < 1.29 is 35.8 Å². The molecule has 0 N–H and O–H groups in total. The van der Waals surface area contributed by atoms with Gasteiger partial charge >= 0.3 is 6.61 Å². The first-order valence-corrected chi connectivity index (χ1v) is 9.25. The van der Waals surface area contributed by atoms with Gasteiger partial charge in [-0.2, -0.15) is 8.78 Å². The molecular weight excluding hydrogens is 386 g/mol. The van der Waals surface area contributed by atoms with Gasteiger partial charge in [0.2, 0.25) is 0 Å². The lowest BCUT2D eigenvalue weighted by molar-refractivity contribution is -0.102. The van der Waals surface area contributed by atoms with E-state index in [1.165, 1.54) is 0 Å². The van der Waals surface area contributed by atoms with Gasteiger partial charge in [0.1, 0.15) is 6.10 Å². The van der Waals surface area contributed by atoms with E-state index in [0.29, 0.717) is 18.8 Å². The van der Waals surface area contributed by atoms with Crippen LogP contribution in [0.4, 0.5) is 26.3 Å². The molecule has 2 nitrogen and oxygen atoms in total. The summed E-state index contributed by atoms with van der Waals surface area (Å²) < 4.78 is 87.8. The quantitative estimate of drug-likeness (QED) is 0.324. The first-order valence-electron chi connectivity index (χ1n) is 9.25. The SMILES string of the molecule is C=CCCC1CCC(C(OCc2cc(F)c(OC(F)F)c(F)c2)C(F)F)CC1. The van der Waals surface area contributed by atoms with Gasteiger partial charge in [0.25, 0.3) is 6.43 Å². The largest absolute Gasteiger partial charge is 0.429 e. The molecular formula is C20H24F6O2. The molecule has 1 fully saturated rings. The summed E-state index contributed by atoms with van der Waals surface area (Å²) in [7, 11) is 0. The third-order valence-corrected chi connectivity index (χ3v) is 5.09. The van der Waals surface area contributed by atoms with E-state index in [1.807, 2.05) is 6.08 Å². The molecule has 0 heterocycles. The summed E-state index contributed by atoms with van der Waals surface area (Å²) in [4.78, 5) is 0. The Bertz CT molecular complexity index is 606. The average Bonchev–Trinajstić information content (AvgIpc) is 2.63. The molecule has 1 unspecified atom stereocenters. The van der Waals surface area contributed by atoms with Crippen LogP contribution in [0.1, 0.15) is 44.1 Å². The van der Waals surface area contributed by atoms with Crippen LogP contribution in [0.25, 0.3) is 0 Å². The Morgan fingerprint density at radius 3 is 2.14 bits per heavy atom. The van der Waals surface area contributed by atoms with E-state index in [1.54, 1.807) is 0 Å². The Balaban J connectivity index is 1.96. The molecule has 1 aromatic carbocycles. The number of alkyl halides is 4. The molecule has 1 atom stereocenters. The van der Waals surface area contributed by atoms with Gasteiger partial charge < -0.3 is 9.47 Å². The van der Waals surface area contributed by atoms with Gasteiger partial charge in [0.05, 0.1) is 6.61 Å². The fraction of sp³-hybridized carbons (Fsp3) is 0.600. The monoisotopic (exact) mass is 410 g/mol. The number of allylic oxidation sites excluding steroid dienone is 1. The van der Waals surface area contributed by atoms with Crippen molar-refractivity contribution >= 4 is 0 Å². The van der Waals surface area contributed by atoms with Crippen LogP contribution >= 0.6 is 0 Å². The van der Waals surface area contributed by atoms with Crippen molar-refractivity contribution in [3.05, 3.63) is 42.0 Å². The van der Waals surface area contributed by atoms with Gasteiger partial charge in [-0.15, -0.1) is 6.58 Å². The van der Waals surface area contributed by atoms with Crippen LogP contribution < -0.4 is 4.74 Å². The molecule has 1 aromatic rings. The Morgan fingerprint density at radius 2 is 1.64 bits per heavy atom. The summed E-state index contributed by atoms with van der Waals surface area (Å²) in [6, 6.07) is 1.49. The van der Waals surface area contributed by atoms with E-state index in [2.05, 4.69) is 11.3 Å². The van der Waals surface area contributed by atoms with Crippen LogP contribution in [0.15, 0.2) is 24.8 Å². The highest BCUT2D eigenvalue weighted by molar-refractivity contribution is 5.31. The average molecular weight is 410 g/mol. The minimum absolute atomic E-state index is 0.0677. The lowest BCUT2D eigenvalue weighted by atomic mass is 9.77. The summed E-state index contributed by atoms with van der Waals surface area (Å²) in [5, 5.41) is 0. The molecule has 0 amide bonds. The standard InChI is InChI=1S/C20H24F6O2/c1-2-3-4-12-5-7-14(8-6-12)17(19(23)24)27-11-13-9-15(21)18(16(22)10-13)28-20(25)26/h2,9-10,12,14,17,19-20H,1,3-8,11H2. The number of hydrogen-bond donors (Lipinski definition) is 0. The van der Waals surface area contributed by atoms with Crippen molar-refractivity contribution in [3.8, 4) is 5.75 Å². The zero-order valence-corrected chi connectivity index (χ0v) is 15.4. The van der Waals surface area contributed by atoms with Gasteiger partial charge in [0.15, 0.2) is 17.4 Å². The predicted molar refractivity (Wildman–Crippen MR) is 92.5 cm³/mol. The Morgan fingerprint density at radius 1 is 1.04 bits per heavy atom. The summed E-state index contributed by atoms with van der Waals surface area (Å²) in [5.41, 5.74) is -0.0677. The van der Waals surface area contributed by atoms with Crippen LogP contribution in [-0.4, -0.2) is 19.1 Å². The van der Waals surface area contributed by atoms with Crippen molar-refractivity contribution in [2.75, 3.05) is 0 Å². The molecule has 0 spiro atoms. The van der Waals surface area contributed by atoms with Gasteiger partial charge in [0, 0.05) is 0 Å². The van der Waals surface area contributed by atoms with Crippen molar-refractivity contribution in [2.45, 2.75) is 64.3 Å². The minimum atomic E-state index is -3.38. The lowest BCUT2D eigenvalue weighted by Crippen LogP contribution is -2.34.